The molecule has 0 spiro atoms. The average Bonchev–Trinajstić information content (AvgIpc) is 3.34. The monoisotopic (exact) mass is 680 g/mol. The van der Waals surface area contributed by atoms with Gasteiger partial charge in [0.1, 0.15) is 0 Å². The van der Waals surface area contributed by atoms with Crippen molar-refractivity contribution < 1.29 is 22.8 Å². The van der Waals surface area contributed by atoms with Gasteiger partial charge in [0, 0.05) is 18.6 Å². The summed E-state index contributed by atoms with van der Waals surface area (Å²) in [6.45, 7) is 29.3. The minimum Gasteiger partial charge on any atom is -0.469 e. The van der Waals surface area contributed by atoms with Crippen LogP contribution in [0.2, 0.25) is 57.4 Å². The van der Waals surface area contributed by atoms with Crippen LogP contribution in [0, 0.1) is 46.3 Å². The Morgan fingerprint density at radius 1 is 0.800 bits per heavy atom. The van der Waals surface area contributed by atoms with Crippen LogP contribution in [-0.2, 0) is 22.8 Å². The van der Waals surface area contributed by atoms with Gasteiger partial charge in [0.15, 0.2) is 25.0 Å². The molecule has 8 heteroatoms. The Morgan fingerprint density at radius 2 is 1.40 bits per heavy atom. The molecular weight excluding hydrogens is 609 g/mol. The summed E-state index contributed by atoms with van der Waals surface area (Å²) >= 11 is 0. The summed E-state index contributed by atoms with van der Waals surface area (Å²) in [6.07, 6.45) is 11.1. The van der Waals surface area contributed by atoms with Gasteiger partial charge in [-0.25, -0.2) is 0 Å². The topological polar surface area (TPSA) is 54.0 Å². The van der Waals surface area contributed by atoms with E-state index < -0.39 is 25.0 Å². The largest absolute Gasteiger partial charge is 0.469 e. The molecule has 0 aromatic carbocycles. The van der Waals surface area contributed by atoms with Crippen molar-refractivity contribution in [2.75, 3.05) is 7.11 Å². The lowest BCUT2D eigenvalue weighted by molar-refractivity contribution is -0.199. The molecule has 0 heterocycles. The van der Waals surface area contributed by atoms with Gasteiger partial charge in [-0.2, -0.15) is 0 Å². The van der Waals surface area contributed by atoms with E-state index in [-0.39, 0.29) is 17.5 Å². The molecule has 0 aliphatic heterocycles. The van der Waals surface area contributed by atoms with Gasteiger partial charge in [-0.3, -0.25) is 4.79 Å². The van der Waals surface area contributed by atoms with E-state index in [1.165, 1.54) is 64.1 Å². The van der Waals surface area contributed by atoms with Crippen LogP contribution in [0.4, 0.5) is 0 Å². The fourth-order valence-electron chi connectivity index (χ4n) is 10.6. The zero-order valence-electron chi connectivity index (χ0n) is 31.7. The quantitative estimate of drug-likeness (QED) is 0.143. The van der Waals surface area contributed by atoms with Gasteiger partial charge in [0.2, 0.25) is 0 Å². The number of hydrogen-bond donors (Lipinski definition) is 0. The van der Waals surface area contributed by atoms with Crippen LogP contribution in [0.25, 0.3) is 0 Å². The third-order valence-electron chi connectivity index (χ3n) is 14.4. The summed E-state index contributed by atoms with van der Waals surface area (Å²) in [5.41, 5.74) is 0.422. The van der Waals surface area contributed by atoms with Crippen molar-refractivity contribution in [3.05, 3.63) is 0 Å². The molecule has 0 radical (unpaired) electrons. The first-order valence-electron chi connectivity index (χ1n) is 19.0. The third kappa shape index (κ3) is 7.76. The number of carbonyl (C=O) groups is 1. The first-order chi connectivity index (χ1) is 20.9. The lowest BCUT2D eigenvalue weighted by Gasteiger charge is -2.66. The highest BCUT2D eigenvalue weighted by Crippen LogP contribution is 2.70. The second-order valence-corrected chi connectivity index (χ2v) is 31.6. The van der Waals surface area contributed by atoms with E-state index in [0.29, 0.717) is 59.6 Å². The zero-order valence-corrected chi connectivity index (χ0v) is 34.7. The molecule has 4 rings (SSSR count). The summed E-state index contributed by atoms with van der Waals surface area (Å²) in [5, 5.41) is 0. The molecule has 0 unspecified atom stereocenters. The van der Waals surface area contributed by atoms with Gasteiger partial charge >= 0.3 is 5.97 Å². The van der Waals surface area contributed by atoms with Crippen molar-refractivity contribution in [3.63, 3.8) is 0 Å². The van der Waals surface area contributed by atoms with E-state index in [0.717, 1.165) is 12.5 Å². The predicted octanol–water partition coefficient (Wildman–Crippen LogP) is 10.3. The second kappa shape index (κ2) is 14.1. The highest BCUT2D eigenvalue weighted by molar-refractivity contribution is 6.71. The summed E-state index contributed by atoms with van der Waals surface area (Å²) in [5.74, 6) is 3.45. The van der Waals surface area contributed by atoms with Gasteiger partial charge in [-0.15, -0.1) is 0 Å². The number of ether oxygens (including phenoxy) is 1. The van der Waals surface area contributed by atoms with Crippen LogP contribution < -0.4 is 0 Å². The maximum atomic E-state index is 12.2. The lowest BCUT2D eigenvalue weighted by Crippen LogP contribution is -2.65. The van der Waals surface area contributed by atoms with E-state index in [4.69, 9.17) is 18.0 Å². The molecule has 262 valence electrons. The Kier molecular flexibility index (Phi) is 11.8. The van der Waals surface area contributed by atoms with Gasteiger partial charge in [-0.05, 0) is 155 Å². The molecule has 0 N–H and O–H groups in total. The Balaban J connectivity index is 1.74. The molecule has 4 aliphatic rings. The first kappa shape index (κ1) is 37.8. The van der Waals surface area contributed by atoms with Crippen molar-refractivity contribution in [2.24, 2.45) is 46.3 Å². The third-order valence-corrected chi connectivity index (χ3v) is 22.4. The molecule has 0 aromatic rings. The Hall–Kier alpha value is 0.000649. The van der Waals surface area contributed by atoms with Crippen molar-refractivity contribution in [1.29, 1.82) is 0 Å². The molecule has 0 saturated heterocycles. The minimum absolute atomic E-state index is 0.0754. The fourth-order valence-corrected chi connectivity index (χ4v) is 14.4. The molecule has 0 bridgehead atoms. The molecule has 45 heavy (non-hydrogen) atoms. The molecule has 5 nitrogen and oxygen atoms in total. The van der Waals surface area contributed by atoms with Crippen molar-refractivity contribution in [3.8, 4) is 0 Å². The smallest absolute Gasteiger partial charge is 0.305 e. The second-order valence-electron chi connectivity index (χ2n) is 18.2. The molecule has 4 saturated carbocycles. The number of fused-ring (bicyclic) bond motifs is 5. The van der Waals surface area contributed by atoms with Crippen LogP contribution >= 0.6 is 0 Å². The number of rotatable bonds is 13. The number of methoxy groups -OCH3 is 1. The van der Waals surface area contributed by atoms with E-state index in [2.05, 4.69) is 80.8 Å². The van der Waals surface area contributed by atoms with Gasteiger partial charge in [-0.1, -0.05) is 41.5 Å². The lowest BCUT2D eigenvalue weighted by atomic mass is 9.43. The van der Waals surface area contributed by atoms with E-state index in [1.54, 1.807) is 0 Å². The van der Waals surface area contributed by atoms with Gasteiger partial charge in [0.25, 0.3) is 0 Å². The highest BCUT2D eigenvalue weighted by atomic mass is 28.4. The Labute approximate surface area is 281 Å². The van der Waals surface area contributed by atoms with Crippen LogP contribution in [0.15, 0.2) is 0 Å². The van der Waals surface area contributed by atoms with Crippen LogP contribution in [0.1, 0.15) is 99.3 Å². The molecule has 4 aliphatic carbocycles. The predicted molar refractivity (Wildman–Crippen MR) is 195 cm³/mol. The highest BCUT2D eigenvalue weighted by Gasteiger charge is 2.67. The summed E-state index contributed by atoms with van der Waals surface area (Å²) in [7, 11) is -3.69. The van der Waals surface area contributed by atoms with Crippen molar-refractivity contribution >= 4 is 30.9 Å². The van der Waals surface area contributed by atoms with E-state index >= 15 is 0 Å². The number of esters is 1. The summed E-state index contributed by atoms with van der Waals surface area (Å²) in [6, 6.07) is 3.51. The molecule has 11 atom stereocenters. The Bertz CT molecular complexity index is 1020. The Morgan fingerprint density at radius 3 is 2.00 bits per heavy atom. The average molecular weight is 681 g/mol. The molecule has 4 fully saturated rings. The number of carbonyl (C=O) groups excluding carboxylic acids is 1. The van der Waals surface area contributed by atoms with Crippen LogP contribution in [0.3, 0.4) is 0 Å². The van der Waals surface area contributed by atoms with Crippen LogP contribution in [-0.4, -0.2) is 56.3 Å². The summed E-state index contributed by atoms with van der Waals surface area (Å²) in [4.78, 5) is 12.2. The van der Waals surface area contributed by atoms with Gasteiger partial charge < -0.3 is 18.0 Å². The van der Waals surface area contributed by atoms with E-state index in [9.17, 15) is 4.79 Å². The first-order valence-corrected chi connectivity index (χ1v) is 28.3. The SMILES string of the molecule is CC[Si](C)(C)O[C@H]1CC[C@@]2(C)[C@@H](C1)C[C@H](O[Si](C)(C)CC)[C@@H]1[C@@H]2C[C@H](O[Si](C)(C)CC)[C@]2(C)[C@@H]([C@H](C)CCC(=O)OC)CC[C@@H]12. The molecule has 0 amide bonds. The van der Waals surface area contributed by atoms with Gasteiger partial charge in [0.05, 0.1) is 13.2 Å². The zero-order chi connectivity index (χ0) is 33.6. The molecular formula is C37H72O5Si3. The fraction of sp³-hybridized carbons (Fsp3) is 0.973. The normalized spacial score (nSPS) is 39.5. The van der Waals surface area contributed by atoms with Crippen molar-refractivity contribution in [2.45, 2.75) is 175 Å². The number of hydrogen-bond acceptors (Lipinski definition) is 5. The van der Waals surface area contributed by atoms with Crippen molar-refractivity contribution in [1.82, 2.24) is 0 Å². The maximum Gasteiger partial charge on any atom is 0.305 e. The van der Waals surface area contributed by atoms with E-state index in [1.807, 2.05) is 0 Å². The maximum absolute atomic E-state index is 12.2. The standard InChI is InChI=1S/C37H72O5Si3/c1-14-43(8,9)40-28-21-22-36(5)27(23-28)24-32(41-44(10,11)15-2)35-30-19-18-29(26(4)17-20-34(38)39-7)37(30,6)33(25-31(35)36)42-45(12,13)16-3/h26-33,35H,14-25H2,1-13H3/t26-,27+,28+,29-,30+,31+,32+,33+,35+,36+,37-/m1/s1. The summed E-state index contributed by atoms with van der Waals surface area (Å²) < 4.78 is 27.0. The molecule has 0 aromatic heterocycles. The minimum atomic E-state index is -1.82. The van der Waals surface area contributed by atoms with Crippen LogP contribution in [0.5, 0.6) is 0 Å².